The lowest BCUT2D eigenvalue weighted by Crippen LogP contribution is -2.46. The third-order valence-electron chi connectivity index (χ3n) is 4.32. The van der Waals surface area contributed by atoms with Crippen molar-refractivity contribution in [2.75, 3.05) is 20.2 Å². The minimum Gasteiger partial charge on any atom is -0.453 e. The molecular formula is C18H20N4O3. The van der Waals surface area contributed by atoms with Crippen molar-refractivity contribution < 1.29 is 14.3 Å². The van der Waals surface area contributed by atoms with Crippen LogP contribution in [0, 0.1) is 0 Å². The SMILES string of the molecule is COC(=O)NC1CCN(C(=O)c2ccc(-c3cncnc3)cc2)CC1. The molecule has 1 saturated heterocycles. The number of carbonyl (C=O) groups is 2. The van der Waals surface area contributed by atoms with E-state index in [1.165, 1.54) is 13.4 Å². The van der Waals surface area contributed by atoms with Crippen molar-refractivity contribution in [1.82, 2.24) is 20.2 Å². The fourth-order valence-corrected chi connectivity index (χ4v) is 2.89. The number of hydrogen-bond donors (Lipinski definition) is 1. The summed E-state index contributed by atoms with van der Waals surface area (Å²) in [7, 11) is 1.35. The molecule has 7 heteroatoms. The highest BCUT2D eigenvalue weighted by atomic mass is 16.5. The lowest BCUT2D eigenvalue weighted by atomic mass is 10.0. The van der Waals surface area contributed by atoms with Crippen molar-refractivity contribution in [3.8, 4) is 11.1 Å². The molecule has 25 heavy (non-hydrogen) atoms. The average molecular weight is 340 g/mol. The normalized spacial score (nSPS) is 14.8. The van der Waals surface area contributed by atoms with Gasteiger partial charge in [0.1, 0.15) is 6.33 Å². The van der Waals surface area contributed by atoms with Crippen LogP contribution >= 0.6 is 0 Å². The lowest BCUT2D eigenvalue weighted by molar-refractivity contribution is 0.0704. The summed E-state index contributed by atoms with van der Waals surface area (Å²) in [5.74, 6) is 0.00683. The zero-order chi connectivity index (χ0) is 17.6. The summed E-state index contributed by atoms with van der Waals surface area (Å²) in [6.07, 6.45) is 5.98. The van der Waals surface area contributed by atoms with E-state index in [-0.39, 0.29) is 11.9 Å². The molecule has 0 radical (unpaired) electrons. The van der Waals surface area contributed by atoms with Crippen molar-refractivity contribution in [1.29, 1.82) is 0 Å². The van der Waals surface area contributed by atoms with Gasteiger partial charge in [-0.15, -0.1) is 0 Å². The van der Waals surface area contributed by atoms with Crippen molar-refractivity contribution >= 4 is 12.0 Å². The molecule has 0 unspecified atom stereocenters. The Morgan fingerprint density at radius 3 is 2.32 bits per heavy atom. The van der Waals surface area contributed by atoms with Gasteiger partial charge in [0.25, 0.3) is 5.91 Å². The molecule has 0 atom stereocenters. The molecule has 2 heterocycles. The maximum absolute atomic E-state index is 12.6. The quantitative estimate of drug-likeness (QED) is 0.925. The molecule has 1 fully saturated rings. The number of amides is 2. The van der Waals surface area contributed by atoms with Gasteiger partial charge in [-0.2, -0.15) is 0 Å². The van der Waals surface area contributed by atoms with E-state index in [1.54, 1.807) is 12.4 Å². The minimum atomic E-state index is -0.426. The molecule has 1 aliphatic rings. The smallest absolute Gasteiger partial charge is 0.407 e. The summed E-state index contributed by atoms with van der Waals surface area (Å²) in [6.45, 7) is 1.23. The van der Waals surface area contributed by atoms with Crippen molar-refractivity contribution in [2.24, 2.45) is 0 Å². The van der Waals surface area contributed by atoms with Crippen molar-refractivity contribution in [3.05, 3.63) is 48.5 Å². The number of aromatic nitrogens is 2. The molecule has 130 valence electrons. The van der Waals surface area contributed by atoms with Gasteiger partial charge >= 0.3 is 6.09 Å². The molecule has 1 aromatic heterocycles. The molecule has 7 nitrogen and oxygen atoms in total. The molecule has 0 saturated carbocycles. The van der Waals surface area contributed by atoms with E-state index >= 15 is 0 Å². The van der Waals surface area contributed by atoms with Crippen molar-refractivity contribution in [3.63, 3.8) is 0 Å². The van der Waals surface area contributed by atoms with Gasteiger partial charge in [0.05, 0.1) is 7.11 Å². The molecule has 0 bridgehead atoms. The van der Waals surface area contributed by atoms with Gasteiger partial charge in [0.2, 0.25) is 0 Å². The van der Waals surface area contributed by atoms with Gasteiger partial charge in [-0.05, 0) is 30.5 Å². The topological polar surface area (TPSA) is 84.4 Å². The number of methoxy groups -OCH3 is 1. The van der Waals surface area contributed by atoms with Crippen LogP contribution in [0.3, 0.4) is 0 Å². The Morgan fingerprint density at radius 2 is 1.72 bits per heavy atom. The van der Waals surface area contributed by atoms with Crippen LogP contribution in [0.15, 0.2) is 43.0 Å². The van der Waals surface area contributed by atoms with Crippen LogP contribution in [-0.2, 0) is 4.74 Å². The number of rotatable bonds is 3. The monoisotopic (exact) mass is 340 g/mol. The zero-order valence-electron chi connectivity index (χ0n) is 14.0. The minimum absolute atomic E-state index is 0.00683. The maximum atomic E-state index is 12.6. The molecule has 0 spiro atoms. The largest absolute Gasteiger partial charge is 0.453 e. The third-order valence-corrected chi connectivity index (χ3v) is 4.32. The Kier molecular flexibility index (Phi) is 5.23. The van der Waals surface area contributed by atoms with E-state index in [0.717, 1.165) is 24.0 Å². The Balaban J connectivity index is 1.59. The maximum Gasteiger partial charge on any atom is 0.407 e. The predicted molar refractivity (Wildman–Crippen MR) is 91.9 cm³/mol. The summed E-state index contributed by atoms with van der Waals surface area (Å²) in [4.78, 5) is 33.7. The number of ether oxygens (including phenoxy) is 1. The molecule has 1 aliphatic heterocycles. The second-order valence-corrected chi connectivity index (χ2v) is 5.91. The van der Waals surface area contributed by atoms with Gasteiger partial charge < -0.3 is 15.0 Å². The number of nitrogens with zero attached hydrogens (tertiary/aromatic N) is 3. The summed E-state index contributed by atoms with van der Waals surface area (Å²) in [5, 5.41) is 2.78. The predicted octanol–water partition coefficient (Wildman–Crippen LogP) is 2.10. The van der Waals surface area contributed by atoms with Crippen LogP contribution in [0.5, 0.6) is 0 Å². The number of benzene rings is 1. The van der Waals surface area contributed by atoms with E-state index in [0.29, 0.717) is 18.7 Å². The first-order chi connectivity index (χ1) is 12.2. The van der Waals surface area contributed by atoms with Crippen molar-refractivity contribution in [2.45, 2.75) is 18.9 Å². The summed E-state index contributed by atoms with van der Waals surface area (Å²) >= 11 is 0. The van der Waals surface area contributed by atoms with Crippen LogP contribution < -0.4 is 5.32 Å². The Labute approximate surface area is 146 Å². The summed E-state index contributed by atoms with van der Waals surface area (Å²) in [5.41, 5.74) is 2.54. The summed E-state index contributed by atoms with van der Waals surface area (Å²) in [6, 6.07) is 7.50. The Morgan fingerprint density at radius 1 is 1.08 bits per heavy atom. The molecule has 0 aliphatic carbocycles. The highest BCUT2D eigenvalue weighted by Crippen LogP contribution is 2.19. The molecule has 1 aromatic carbocycles. The molecule has 2 aromatic rings. The molecule has 2 amide bonds. The van der Waals surface area contributed by atoms with Gasteiger partial charge in [-0.1, -0.05) is 12.1 Å². The first kappa shape index (κ1) is 16.9. The van der Waals surface area contributed by atoms with Crippen LogP contribution in [0.1, 0.15) is 23.2 Å². The number of hydrogen-bond acceptors (Lipinski definition) is 5. The van der Waals surface area contributed by atoms with E-state index in [1.807, 2.05) is 29.2 Å². The fourth-order valence-electron chi connectivity index (χ4n) is 2.89. The number of likely N-dealkylation sites (tertiary alicyclic amines) is 1. The highest BCUT2D eigenvalue weighted by Gasteiger charge is 2.24. The average Bonchev–Trinajstić information content (AvgIpc) is 2.69. The third kappa shape index (κ3) is 4.12. The van der Waals surface area contributed by atoms with Crippen LogP contribution in [-0.4, -0.2) is 53.1 Å². The number of alkyl carbamates (subject to hydrolysis) is 1. The fraction of sp³-hybridized carbons (Fsp3) is 0.333. The first-order valence-electron chi connectivity index (χ1n) is 8.16. The number of nitrogens with one attached hydrogen (secondary N) is 1. The van der Waals surface area contributed by atoms with E-state index < -0.39 is 6.09 Å². The number of piperidine rings is 1. The van der Waals surface area contributed by atoms with Gasteiger partial charge in [-0.3, -0.25) is 4.79 Å². The van der Waals surface area contributed by atoms with E-state index in [4.69, 9.17) is 0 Å². The second-order valence-electron chi connectivity index (χ2n) is 5.91. The van der Waals surface area contributed by atoms with Crippen LogP contribution in [0.2, 0.25) is 0 Å². The van der Waals surface area contributed by atoms with Gasteiger partial charge in [0, 0.05) is 42.7 Å². The Hall–Kier alpha value is -2.96. The van der Waals surface area contributed by atoms with Gasteiger partial charge in [0.15, 0.2) is 0 Å². The highest BCUT2D eigenvalue weighted by molar-refractivity contribution is 5.94. The Bertz CT molecular complexity index is 726. The van der Waals surface area contributed by atoms with E-state index in [2.05, 4.69) is 20.0 Å². The molecule has 3 rings (SSSR count). The van der Waals surface area contributed by atoms with Crippen LogP contribution in [0.4, 0.5) is 4.79 Å². The standard InChI is InChI=1S/C18H20N4O3/c1-25-18(24)21-16-6-8-22(9-7-16)17(23)14-4-2-13(3-5-14)15-10-19-12-20-11-15/h2-5,10-12,16H,6-9H2,1H3,(H,21,24). The number of carbonyl (C=O) groups excluding carboxylic acids is 2. The van der Waals surface area contributed by atoms with Gasteiger partial charge in [-0.25, -0.2) is 14.8 Å². The van der Waals surface area contributed by atoms with E-state index in [9.17, 15) is 9.59 Å². The second kappa shape index (κ2) is 7.74. The zero-order valence-corrected chi connectivity index (χ0v) is 14.0. The van der Waals surface area contributed by atoms with Crippen LogP contribution in [0.25, 0.3) is 11.1 Å². The summed E-state index contributed by atoms with van der Waals surface area (Å²) < 4.78 is 4.60. The lowest BCUT2D eigenvalue weighted by Gasteiger charge is -2.32. The first-order valence-corrected chi connectivity index (χ1v) is 8.16. The molecular weight excluding hydrogens is 320 g/mol. The molecule has 1 N–H and O–H groups in total.